The van der Waals surface area contributed by atoms with Gasteiger partial charge >= 0.3 is 0 Å². The number of hydrogen-bond donors (Lipinski definition) is 1. The Morgan fingerprint density at radius 3 is 2.06 bits per heavy atom. The van der Waals surface area contributed by atoms with E-state index in [9.17, 15) is 0 Å². The van der Waals surface area contributed by atoms with Crippen molar-refractivity contribution in [1.29, 1.82) is 0 Å². The number of rotatable bonds is 4. The summed E-state index contributed by atoms with van der Waals surface area (Å²) in [5, 5.41) is 0. The van der Waals surface area contributed by atoms with Crippen molar-refractivity contribution in [3.63, 3.8) is 0 Å². The van der Waals surface area contributed by atoms with Crippen LogP contribution in [0.25, 0.3) is 0 Å². The SMILES string of the molecule is C=C.CC.Cc1ccc(C2C(c3ccc(CN)cc3C)CCC(C)(C)C2C(C)C)cc1. The van der Waals surface area contributed by atoms with E-state index in [-0.39, 0.29) is 0 Å². The third kappa shape index (κ3) is 6.32. The molecule has 3 unspecified atom stereocenters. The van der Waals surface area contributed by atoms with Crippen LogP contribution in [0.15, 0.2) is 55.6 Å². The highest BCUT2D eigenvalue weighted by Crippen LogP contribution is 2.57. The third-order valence-corrected chi connectivity index (χ3v) is 6.97. The Kier molecular flexibility index (Phi) is 10.7. The van der Waals surface area contributed by atoms with E-state index in [4.69, 9.17) is 5.73 Å². The minimum Gasteiger partial charge on any atom is -0.326 e. The summed E-state index contributed by atoms with van der Waals surface area (Å²) in [7, 11) is 0. The van der Waals surface area contributed by atoms with Crippen LogP contribution < -0.4 is 5.73 Å². The topological polar surface area (TPSA) is 26.0 Å². The smallest absolute Gasteiger partial charge is 0.0178 e. The molecule has 0 aliphatic heterocycles. The fourth-order valence-corrected chi connectivity index (χ4v) is 5.79. The van der Waals surface area contributed by atoms with Crippen LogP contribution in [0.3, 0.4) is 0 Å². The van der Waals surface area contributed by atoms with E-state index in [0.29, 0.717) is 35.6 Å². The second-order valence-electron chi connectivity index (χ2n) is 9.74. The summed E-state index contributed by atoms with van der Waals surface area (Å²) in [6.45, 7) is 24.9. The predicted octanol–water partition coefficient (Wildman–Crippen LogP) is 8.55. The first-order valence-corrected chi connectivity index (χ1v) is 12.1. The predicted molar refractivity (Wildman–Crippen MR) is 140 cm³/mol. The fourth-order valence-electron chi connectivity index (χ4n) is 5.79. The molecule has 0 aromatic heterocycles. The van der Waals surface area contributed by atoms with Crippen LogP contribution in [0.1, 0.15) is 94.0 Å². The lowest BCUT2D eigenvalue weighted by Gasteiger charge is -2.51. The van der Waals surface area contributed by atoms with Gasteiger partial charge in [0.15, 0.2) is 0 Å². The monoisotopic (exact) mass is 421 g/mol. The Bertz CT molecular complexity index is 785. The lowest BCUT2D eigenvalue weighted by molar-refractivity contribution is 0.0581. The quantitative estimate of drug-likeness (QED) is 0.492. The summed E-state index contributed by atoms with van der Waals surface area (Å²) in [5.41, 5.74) is 13.3. The van der Waals surface area contributed by atoms with Crippen LogP contribution in [0, 0.1) is 31.1 Å². The van der Waals surface area contributed by atoms with E-state index in [2.05, 4.69) is 97.2 Å². The Labute approximate surface area is 193 Å². The van der Waals surface area contributed by atoms with Crippen LogP contribution >= 0.6 is 0 Å². The number of aryl methyl sites for hydroxylation is 2. The van der Waals surface area contributed by atoms with Crippen LogP contribution in [0.5, 0.6) is 0 Å². The van der Waals surface area contributed by atoms with Crippen molar-refractivity contribution in [2.75, 3.05) is 0 Å². The molecule has 31 heavy (non-hydrogen) atoms. The molecule has 1 heteroatoms. The maximum Gasteiger partial charge on any atom is 0.0178 e. The molecular weight excluding hydrogens is 374 g/mol. The number of benzene rings is 2. The molecule has 0 radical (unpaired) electrons. The lowest BCUT2D eigenvalue weighted by Crippen LogP contribution is -2.40. The zero-order chi connectivity index (χ0) is 23.8. The van der Waals surface area contributed by atoms with E-state index in [1.54, 1.807) is 0 Å². The summed E-state index contributed by atoms with van der Waals surface area (Å²) < 4.78 is 0. The molecule has 1 nitrogen and oxygen atoms in total. The van der Waals surface area contributed by atoms with Gasteiger partial charge in [0.05, 0.1) is 0 Å². The van der Waals surface area contributed by atoms with Gasteiger partial charge in [-0.05, 0) is 78.0 Å². The van der Waals surface area contributed by atoms with Gasteiger partial charge < -0.3 is 5.73 Å². The number of hydrogen-bond acceptors (Lipinski definition) is 1. The normalized spacial score (nSPS) is 22.1. The van der Waals surface area contributed by atoms with E-state index in [1.165, 1.54) is 40.7 Å². The molecule has 0 bridgehead atoms. The van der Waals surface area contributed by atoms with Crippen molar-refractivity contribution in [3.05, 3.63) is 83.4 Å². The minimum atomic E-state index is 0.366. The van der Waals surface area contributed by atoms with Gasteiger partial charge in [-0.1, -0.05) is 89.6 Å². The molecular formula is C30H47N. The largest absolute Gasteiger partial charge is 0.326 e. The second-order valence-corrected chi connectivity index (χ2v) is 9.74. The van der Waals surface area contributed by atoms with Crippen LogP contribution in [-0.4, -0.2) is 0 Å². The summed E-state index contributed by atoms with van der Waals surface area (Å²) in [6.07, 6.45) is 2.55. The van der Waals surface area contributed by atoms with Crippen molar-refractivity contribution in [1.82, 2.24) is 0 Å². The summed E-state index contributed by atoms with van der Waals surface area (Å²) in [4.78, 5) is 0. The fraction of sp³-hybridized carbons (Fsp3) is 0.533. The lowest BCUT2D eigenvalue weighted by atomic mass is 9.53. The average molecular weight is 422 g/mol. The van der Waals surface area contributed by atoms with E-state index in [1.807, 2.05) is 13.8 Å². The maximum atomic E-state index is 5.88. The van der Waals surface area contributed by atoms with Crippen LogP contribution in [0.4, 0.5) is 0 Å². The molecule has 2 aromatic carbocycles. The molecule has 3 atom stereocenters. The van der Waals surface area contributed by atoms with Gasteiger partial charge in [-0.25, -0.2) is 0 Å². The average Bonchev–Trinajstić information content (AvgIpc) is 2.76. The zero-order valence-electron chi connectivity index (χ0n) is 21.5. The van der Waals surface area contributed by atoms with Gasteiger partial charge in [-0.15, -0.1) is 13.2 Å². The Hall–Kier alpha value is -1.86. The van der Waals surface area contributed by atoms with Gasteiger partial charge in [0.25, 0.3) is 0 Å². The molecule has 0 spiro atoms. The Morgan fingerprint density at radius 2 is 1.58 bits per heavy atom. The van der Waals surface area contributed by atoms with Crippen molar-refractivity contribution in [3.8, 4) is 0 Å². The van der Waals surface area contributed by atoms with Crippen molar-refractivity contribution in [2.24, 2.45) is 23.0 Å². The molecule has 172 valence electrons. The molecule has 0 saturated heterocycles. The molecule has 1 aliphatic rings. The third-order valence-electron chi connectivity index (χ3n) is 6.97. The molecule has 1 fully saturated rings. The van der Waals surface area contributed by atoms with Crippen molar-refractivity contribution < 1.29 is 0 Å². The second kappa shape index (κ2) is 12.2. The first kappa shape index (κ1) is 27.2. The molecule has 0 heterocycles. The number of nitrogens with two attached hydrogens (primary N) is 1. The van der Waals surface area contributed by atoms with E-state index < -0.39 is 0 Å². The minimum absolute atomic E-state index is 0.366. The molecule has 2 N–H and O–H groups in total. The van der Waals surface area contributed by atoms with E-state index >= 15 is 0 Å². The summed E-state index contributed by atoms with van der Waals surface area (Å²) in [6, 6.07) is 16.2. The Balaban J connectivity index is 0.00000113. The van der Waals surface area contributed by atoms with Gasteiger partial charge in [-0.2, -0.15) is 0 Å². The first-order chi connectivity index (χ1) is 14.7. The standard InChI is InChI=1S/C26H37N.C2H6.C2H4/c1-17(2)25-24(21-10-7-18(3)8-11-21)23(13-14-26(25,5)6)22-12-9-20(16-27)15-19(22)4;2*1-2/h7-12,15,17,23-25H,13-14,16,27H2,1-6H3;1-2H3;1-2H2. The molecule has 0 amide bonds. The molecule has 1 aliphatic carbocycles. The van der Waals surface area contributed by atoms with Gasteiger partial charge in [0.2, 0.25) is 0 Å². The van der Waals surface area contributed by atoms with Crippen LogP contribution in [0.2, 0.25) is 0 Å². The van der Waals surface area contributed by atoms with Crippen molar-refractivity contribution in [2.45, 2.75) is 86.6 Å². The molecule has 1 saturated carbocycles. The first-order valence-electron chi connectivity index (χ1n) is 12.1. The summed E-state index contributed by atoms with van der Waals surface area (Å²) in [5.74, 6) is 2.49. The van der Waals surface area contributed by atoms with Crippen molar-refractivity contribution >= 4 is 0 Å². The van der Waals surface area contributed by atoms with Crippen LogP contribution in [-0.2, 0) is 6.54 Å². The zero-order valence-corrected chi connectivity index (χ0v) is 21.5. The highest BCUT2D eigenvalue weighted by atomic mass is 14.5. The van der Waals surface area contributed by atoms with E-state index in [0.717, 1.165) is 0 Å². The highest BCUT2D eigenvalue weighted by Gasteiger charge is 2.46. The van der Waals surface area contributed by atoms with Gasteiger partial charge in [0, 0.05) is 6.54 Å². The maximum absolute atomic E-state index is 5.88. The van der Waals surface area contributed by atoms with Gasteiger partial charge in [0.1, 0.15) is 0 Å². The highest BCUT2D eigenvalue weighted by molar-refractivity contribution is 5.38. The molecule has 2 aromatic rings. The molecule has 3 rings (SSSR count). The summed E-state index contributed by atoms with van der Waals surface area (Å²) >= 11 is 0. The van der Waals surface area contributed by atoms with Gasteiger partial charge in [-0.3, -0.25) is 0 Å². The Morgan fingerprint density at radius 1 is 1.00 bits per heavy atom.